The van der Waals surface area contributed by atoms with Gasteiger partial charge in [-0.1, -0.05) is 13.8 Å². The van der Waals surface area contributed by atoms with Crippen LogP contribution in [-0.4, -0.2) is 58.8 Å². The number of methoxy groups -OCH3 is 1. The van der Waals surface area contributed by atoms with Gasteiger partial charge < -0.3 is 14.8 Å². The molecule has 9 nitrogen and oxygen atoms in total. The molecule has 1 N–H and O–H groups in total. The fourth-order valence-electron chi connectivity index (χ4n) is 3.12. The maximum atomic E-state index is 12.3. The Kier molecular flexibility index (Phi) is 7.23. The number of amides is 1. The van der Waals surface area contributed by atoms with Gasteiger partial charge in [-0.05, 0) is 42.5 Å². The van der Waals surface area contributed by atoms with E-state index in [9.17, 15) is 22.8 Å². The SMILES string of the molecule is COC(=O)C(CC(C)C)NC(=O)COC(=O)c1ccc2c(c1)CCN2S(C)(=O)=O. The van der Waals surface area contributed by atoms with Gasteiger partial charge in [0.15, 0.2) is 6.61 Å². The van der Waals surface area contributed by atoms with Crippen LogP contribution in [0.3, 0.4) is 0 Å². The minimum atomic E-state index is -3.37. The number of nitrogens with zero attached hydrogens (tertiary/aromatic N) is 1. The zero-order valence-electron chi connectivity index (χ0n) is 16.9. The first-order valence-corrected chi connectivity index (χ1v) is 11.0. The van der Waals surface area contributed by atoms with Gasteiger partial charge in [0.2, 0.25) is 10.0 Å². The molecular weight excluding hydrogens is 400 g/mol. The van der Waals surface area contributed by atoms with E-state index in [-0.39, 0.29) is 11.5 Å². The van der Waals surface area contributed by atoms with Crippen LogP contribution < -0.4 is 9.62 Å². The van der Waals surface area contributed by atoms with Crippen molar-refractivity contribution in [3.63, 3.8) is 0 Å². The van der Waals surface area contributed by atoms with Crippen LogP contribution >= 0.6 is 0 Å². The van der Waals surface area contributed by atoms with E-state index in [1.165, 1.54) is 17.5 Å². The lowest BCUT2D eigenvalue weighted by molar-refractivity contribution is -0.145. The fourth-order valence-corrected chi connectivity index (χ4v) is 4.08. The van der Waals surface area contributed by atoms with Crippen LogP contribution in [0.15, 0.2) is 18.2 Å². The molecule has 0 saturated heterocycles. The van der Waals surface area contributed by atoms with Crippen LogP contribution in [0, 0.1) is 5.92 Å². The Labute approximate surface area is 170 Å². The number of hydrogen-bond acceptors (Lipinski definition) is 7. The molecule has 10 heteroatoms. The molecule has 1 unspecified atom stereocenters. The van der Waals surface area contributed by atoms with Crippen molar-refractivity contribution in [3.8, 4) is 0 Å². The number of nitrogens with one attached hydrogen (secondary N) is 1. The van der Waals surface area contributed by atoms with Crippen molar-refractivity contribution in [2.24, 2.45) is 5.92 Å². The molecule has 0 saturated carbocycles. The van der Waals surface area contributed by atoms with Crippen molar-refractivity contribution in [2.45, 2.75) is 32.7 Å². The van der Waals surface area contributed by atoms with Crippen molar-refractivity contribution in [1.82, 2.24) is 5.32 Å². The van der Waals surface area contributed by atoms with Crippen molar-refractivity contribution in [1.29, 1.82) is 0 Å². The Morgan fingerprint density at radius 2 is 1.93 bits per heavy atom. The summed E-state index contributed by atoms with van der Waals surface area (Å²) in [6.07, 6.45) is 2.01. The van der Waals surface area contributed by atoms with Gasteiger partial charge in [0.25, 0.3) is 5.91 Å². The second-order valence-corrected chi connectivity index (χ2v) is 9.18. The molecule has 160 valence electrons. The molecule has 1 aliphatic heterocycles. The van der Waals surface area contributed by atoms with E-state index in [0.29, 0.717) is 25.1 Å². The molecule has 0 fully saturated rings. The molecule has 1 amide bonds. The summed E-state index contributed by atoms with van der Waals surface area (Å²) in [5.74, 6) is -1.73. The molecule has 29 heavy (non-hydrogen) atoms. The largest absolute Gasteiger partial charge is 0.467 e. The molecule has 1 atom stereocenters. The Hall–Kier alpha value is -2.62. The highest BCUT2D eigenvalue weighted by molar-refractivity contribution is 7.92. The molecule has 0 bridgehead atoms. The summed E-state index contributed by atoms with van der Waals surface area (Å²) in [6, 6.07) is 3.76. The number of benzene rings is 1. The third-order valence-electron chi connectivity index (χ3n) is 4.43. The smallest absolute Gasteiger partial charge is 0.338 e. The number of anilines is 1. The predicted octanol–water partition coefficient (Wildman–Crippen LogP) is 0.869. The number of fused-ring (bicyclic) bond motifs is 1. The van der Waals surface area contributed by atoms with E-state index in [1.54, 1.807) is 12.1 Å². The lowest BCUT2D eigenvalue weighted by Gasteiger charge is -2.18. The van der Waals surface area contributed by atoms with Crippen molar-refractivity contribution >= 4 is 33.6 Å². The number of carbonyl (C=O) groups is 3. The van der Waals surface area contributed by atoms with E-state index in [0.717, 1.165) is 11.8 Å². The first-order valence-electron chi connectivity index (χ1n) is 9.18. The summed E-state index contributed by atoms with van der Waals surface area (Å²) < 4.78 is 34.5. The van der Waals surface area contributed by atoms with E-state index in [2.05, 4.69) is 10.1 Å². The standard InChI is InChI=1S/C19H26N2O7S/c1-12(2)9-15(19(24)27-3)20-17(22)11-28-18(23)14-5-6-16-13(10-14)7-8-21(16)29(4,25)26/h5-6,10,12,15H,7-9,11H2,1-4H3,(H,20,22). The van der Waals surface area contributed by atoms with E-state index in [4.69, 9.17) is 4.74 Å². The number of carbonyl (C=O) groups excluding carboxylic acids is 3. The van der Waals surface area contributed by atoms with Crippen molar-refractivity contribution in [2.75, 3.05) is 30.8 Å². The second kappa shape index (κ2) is 9.25. The number of esters is 2. The Balaban J connectivity index is 1.97. The predicted molar refractivity (Wildman–Crippen MR) is 106 cm³/mol. The van der Waals surface area contributed by atoms with Crippen molar-refractivity contribution in [3.05, 3.63) is 29.3 Å². The molecular formula is C19H26N2O7S. The van der Waals surface area contributed by atoms with E-state index in [1.807, 2.05) is 13.8 Å². The third-order valence-corrected chi connectivity index (χ3v) is 5.61. The van der Waals surface area contributed by atoms with Gasteiger partial charge in [0.05, 0.1) is 24.6 Å². The summed E-state index contributed by atoms with van der Waals surface area (Å²) in [5, 5.41) is 2.51. The van der Waals surface area contributed by atoms with Gasteiger partial charge in [-0.15, -0.1) is 0 Å². The molecule has 0 aromatic heterocycles. The van der Waals surface area contributed by atoms with Gasteiger partial charge >= 0.3 is 11.9 Å². The first kappa shape index (κ1) is 22.7. The van der Waals surface area contributed by atoms with Gasteiger partial charge in [0, 0.05) is 6.54 Å². The van der Waals surface area contributed by atoms with Crippen LogP contribution in [0.5, 0.6) is 0 Å². The first-order chi connectivity index (χ1) is 13.5. The van der Waals surface area contributed by atoms with Crippen LogP contribution in [0.2, 0.25) is 0 Å². The number of ether oxygens (including phenoxy) is 2. The fraction of sp³-hybridized carbons (Fsp3) is 0.526. The second-order valence-electron chi connectivity index (χ2n) is 7.28. The van der Waals surface area contributed by atoms with Gasteiger partial charge in [-0.25, -0.2) is 18.0 Å². The van der Waals surface area contributed by atoms with Gasteiger partial charge in [-0.2, -0.15) is 0 Å². The summed E-state index contributed by atoms with van der Waals surface area (Å²) in [6.45, 7) is 3.58. The zero-order chi connectivity index (χ0) is 21.8. The molecule has 1 aromatic rings. The minimum absolute atomic E-state index is 0.153. The van der Waals surface area contributed by atoms with Crippen LogP contribution in [0.1, 0.15) is 36.2 Å². The summed E-state index contributed by atoms with van der Waals surface area (Å²) in [7, 11) is -2.14. The summed E-state index contributed by atoms with van der Waals surface area (Å²) in [5.41, 5.74) is 1.48. The minimum Gasteiger partial charge on any atom is -0.467 e. The monoisotopic (exact) mass is 426 g/mol. The highest BCUT2D eigenvalue weighted by atomic mass is 32.2. The summed E-state index contributed by atoms with van der Waals surface area (Å²) >= 11 is 0. The topological polar surface area (TPSA) is 119 Å². The molecule has 0 aliphatic carbocycles. The lowest BCUT2D eigenvalue weighted by atomic mass is 10.0. The third kappa shape index (κ3) is 5.93. The van der Waals surface area contributed by atoms with E-state index >= 15 is 0 Å². The molecule has 1 heterocycles. The quantitative estimate of drug-likeness (QED) is 0.613. The number of hydrogen-bond donors (Lipinski definition) is 1. The van der Waals surface area contributed by atoms with Crippen molar-refractivity contribution < 1.29 is 32.3 Å². The van der Waals surface area contributed by atoms with Crippen LogP contribution in [0.25, 0.3) is 0 Å². The van der Waals surface area contributed by atoms with Gasteiger partial charge in [0.1, 0.15) is 6.04 Å². The number of sulfonamides is 1. The van der Waals surface area contributed by atoms with Crippen LogP contribution in [-0.2, 0) is 35.5 Å². The highest BCUT2D eigenvalue weighted by Gasteiger charge is 2.27. The zero-order valence-corrected chi connectivity index (χ0v) is 17.7. The average molecular weight is 426 g/mol. The molecule has 0 radical (unpaired) electrons. The van der Waals surface area contributed by atoms with Crippen LogP contribution in [0.4, 0.5) is 5.69 Å². The Morgan fingerprint density at radius 1 is 1.24 bits per heavy atom. The number of rotatable bonds is 8. The lowest BCUT2D eigenvalue weighted by Crippen LogP contribution is -2.44. The molecule has 0 spiro atoms. The average Bonchev–Trinajstić information content (AvgIpc) is 3.08. The van der Waals surface area contributed by atoms with Gasteiger partial charge in [-0.3, -0.25) is 9.10 Å². The summed E-state index contributed by atoms with van der Waals surface area (Å²) in [4.78, 5) is 36.1. The Morgan fingerprint density at radius 3 is 2.52 bits per heavy atom. The normalized spacial score (nSPS) is 14.3. The highest BCUT2D eigenvalue weighted by Crippen LogP contribution is 2.30. The maximum Gasteiger partial charge on any atom is 0.338 e. The molecule has 1 aromatic carbocycles. The molecule has 1 aliphatic rings. The van der Waals surface area contributed by atoms with E-state index < -0.39 is 40.5 Å². The maximum absolute atomic E-state index is 12.3. The molecule has 2 rings (SSSR count). The Bertz CT molecular complexity index is 896.